The molecule has 0 aliphatic heterocycles. The lowest BCUT2D eigenvalue weighted by Crippen LogP contribution is -2.20. The van der Waals surface area contributed by atoms with Crippen molar-refractivity contribution in [2.24, 2.45) is 40.4 Å². The van der Waals surface area contributed by atoms with Gasteiger partial charge in [-0.2, -0.15) is 0 Å². The summed E-state index contributed by atoms with van der Waals surface area (Å²) in [4.78, 5) is 0. The van der Waals surface area contributed by atoms with Gasteiger partial charge in [-0.3, -0.25) is 0 Å². The van der Waals surface area contributed by atoms with Crippen LogP contribution in [0.15, 0.2) is 47.6 Å². The van der Waals surface area contributed by atoms with Crippen molar-refractivity contribution in [1.82, 2.24) is 0 Å². The van der Waals surface area contributed by atoms with Crippen LogP contribution in [-0.4, -0.2) is 0 Å². The van der Waals surface area contributed by atoms with Crippen LogP contribution in [0.2, 0.25) is 0 Å². The van der Waals surface area contributed by atoms with Gasteiger partial charge in [0.1, 0.15) is 0 Å². The molecule has 3 rings (SSSR count). The fourth-order valence-corrected chi connectivity index (χ4v) is 4.47. The van der Waals surface area contributed by atoms with Crippen LogP contribution in [0.1, 0.15) is 48.5 Å². The van der Waals surface area contributed by atoms with Crippen LogP contribution in [0.4, 0.5) is 0 Å². The van der Waals surface area contributed by atoms with Crippen LogP contribution in [0.3, 0.4) is 0 Å². The molecule has 0 N–H and O–H groups in total. The summed E-state index contributed by atoms with van der Waals surface area (Å²) in [7, 11) is 0. The highest BCUT2D eigenvalue weighted by molar-refractivity contribution is 5.38. The molecular weight excluding hydrogens is 264 g/mol. The number of hydrogen-bond donors (Lipinski definition) is 0. The third-order valence-corrected chi connectivity index (χ3v) is 6.02. The molecule has 0 amide bonds. The Labute approximate surface area is 137 Å². The Morgan fingerprint density at radius 3 is 1.32 bits per heavy atom. The van der Waals surface area contributed by atoms with Crippen LogP contribution >= 0.6 is 0 Å². The lowest BCUT2D eigenvalue weighted by Gasteiger charge is -2.30. The predicted octanol–water partition coefficient (Wildman–Crippen LogP) is 6.19. The molecule has 0 heterocycles. The van der Waals surface area contributed by atoms with Crippen molar-refractivity contribution in [2.75, 3.05) is 0 Å². The van der Waals surface area contributed by atoms with Crippen molar-refractivity contribution in [3.8, 4) is 0 Å². The van der Waals surface area contributed by atoms with Crippen molar-refractivity contribution in [3.63, 3.8) is 0 Å². The molecule has 22 heavy (non-hydrogen) atoms. The molecule has 120 valence electrons. The highest BCUT2D eigenvalue weighted by Crippen LogP contribution is 2.54. The van der Waals surface area contributed by atoms with Gasteiger partial charge in [-0.15, -0.1) is 0 Å². The van der Waals surface area contributed by atoms with Crippen LogP contribution < -0.4 is 0 Å². The van der Waals surface area contributed by atoms with Crippen molar-refractivity contribution < 1.29 is 0 Å². The zero-order valence-corrected chi connectivity index (χ0v) is 15.4. The summed E-state index contributed by atoms with van der Waals surface area (Å²) < 4.78 is 0. The quantitative estimate of drug-likeness (QED) is 0.500. The van der Waals surface area contributed by atoms with E-state index in [4.69, 9.17) is 0 Å². The van der Waals surface area contributed by atoms with Gasteiger partial charge in [-0.1, -0.05) is 84.9 Å². The summed E-state index contributed by atoms with van der Waals surface area (Å²) in [5.41, 5.74) is 3.56. The monoisotopic (exact) mass is 296 g/mol. The van der Waals surface area contributed by atoms with Crippen LogP contribution in [0, 0.1) is 40.4 Å². The number of rotatable bonds is 0. The number of hydrogen-bond acceptors (Lipinski definition) is 0. The standard InChI is InChI=1S/C22H32/c1-14-19-12-15(21(2,3)4)8-10-17(19)18-11-9-16(13-20(14)18)22(5,6)7/h8-14,17-20H,1-7H3. The van der Waals surface area contributed by atoms with Crippen molar-refractivity contribution >= 4 is 0 Å². The Balaban J connectivity index is 1.93. The molecule has 0 nitrogen and oxygen atoms in total. The van der Waals surface area contributed by atoms with E-state index in [-0.39, 0.29) is 10.8 Å². The van der Waals surface area contributed by atoms with Gasteiger partial charge in [0.05, 0.1) is 0 Å². The molecule has 0 aromatic rings. The van der Waals surface area contributed by atoms with Crippen molar-refractivity contribution in [2.45, 2.75) is 48.5 Å². The second-order valence-electron chi connectivity index (χ2n) is 9.63. The molecule has 0 aromatic carbocycles. The molecule has 3 aliphatic rings. The lowest BCUT2D eigenvalue weighted by molar-refractivity contribution is 0.397. The number of allylic oxidation sites excluding steroid dienone is 8. The highest BCUT2D eigenvalue weighted by atomic mass is 14.5. The van der Waals surface area contributed by atoms with Gasteiger partial charge in [-0.05, 0) is 51.6 Å². The summed E-state index contributed by atoms with van der Waals surface area (Å²) in [5, 5.41) is 0. The van der Waals surface area contributed by atoms with Crippen LogP contribution in [-0.2, 0) is 0 Å². The molecule has 3 aliphatic carbocycles. The zero-order chi connectivity index (χ0) is 16.3. The molecule has 0 spiro atoms. The maximum absolute atomic E-state index is 2.59. The molecule has 4 atom stereocenters. The smallest absolute Gasteiger partial charge is 0.00955 e. The fourth-order valence-electron chi connectivity index (χ4n) is 4.47. The maximum atomic E-state index is 2.59. The van der Waals surface area contributed by atoms with Gasteiger partial charge in [0.25, 0.3) is 0 Å². The molecule has 0 aromatic heterocycles. The third-order valence-electron chi connectivity index (χ3n) is 6.02. The summed E-state index contributed by atoms with van der Waals surface area (Å²) in [6.07, 6.45) is 15.0. The largest absolute Gasteiger partial charge is 0.0799 e. The summed E-state index contributed by atoms with van der Waals surface area (Å²) in [6, 6.07) is 0. The summed E-state index contributed by atoms with van der Waals surface area (Å²) in [5.74, 6) is 3.53. The fraction of sp³-hybridized carbons (Fsp3) is 0.636. The molecule has 0 radical (unpaired) electrons. The lowest BCUT2D eigenvalue weighted by atomic mass is 9.74. The van der Waals surface area contributed by atoms with E-state index in [1.54, 1.807) is 0 Å². The molecule has 0 saturated heterocycles. The van der Waals surface area contributed by atoms with Gasteiger partial charge in [0, 0.05) is 0 Å². The van der Waals surface area contributed by atoms with Crippen LogP contribution in [0.5, 0.6) is 0 Å². The normalized spacial score (nSPS) is 37.5. The molecule has 0 bridgehead atoms. The van der Waals surface area contributed by atoms with E-state index in [2.05, 4.69) is 84.9 Å². The Hall–Kier alpha value is -1.04. The average molecular weight is 296 g/mol. The molecule has 1 saturated carbocycles. The Kier molecular flexibility index (Phi) is 3.59. The zero-order valence-electron chi connectivity index (χ0n) is 15.4. The molecular formula is C22H32. The van der Waals surface area contributed by atoms with E-state index in [9.17, 15) is 0 Å². The molecule has 1 fully saturated rings. The van der Waals surface area contributed by atoms with Crippen LogP contribution in [0.25, 0.3) is 0 Å². The van der Waals surface area contributed by atoms with E-state index in [0.717, 1.165) is 5.92 Å². The number of fused-ring (bicyclic) bond motifs is 3. The highest BCUT2D eigenvalue weighted by Gasteiger charge is 2.46. The topological polar surface area (TPSA) is 0 Å². The van der Waals surface area contributed by atoms with E-state index in [1.165, 1.54) is 11.1 Å². The first kappa shape index (κ1) is 15.8. The SMILES string of the molecule is CC1C2C=C(C(C)(C)C)C=CC2C2C=CC(C(C)(C)C)=CC12. The van der Waals surface area contributed by atoms with Gasteiger partial charge in [-0.25, -0.2) is 0 Å². The van der Waals surface area contributed by atoms with E-state index >= 15 is 0 Å². The summed E-state index contributed by atoms with van der Waals surface area (Å²) in [6.45, 7) is 16.4. The second-order valence-corrected chi connectivity index (χ2v) is 9.63. The van der Waals surface area contributed by atoms with E-state index in [0.29, 0.717) is 23.7 Å². The first-order valence-electron chi connectivity index (χ1n) is 8.90. The minimum Gasteiger partial charge on any atom is -0.0799 e. The van der Waals surface area contributed by atoms with Gasteiger partial charge in [0.15, 0.2) is 0 Å². The Morgan fingerprint density at radius 2 is 1.00 bits per heavy atom. The molecule has 0 heteroatoms. The first-order valence-corrected chi connectivity index (χ1v) is 8.90. The van der Waals surface area contributed by atoms with Crippen molar-refractivity contribution in [1.29, 1.82) is 0 Å². The van der Waals surface area contributed by atoms with Gasteiger partial charge < -0.3 is 0 Å². The van der Waals surface area contributed by atoms with E-state index < -0.39 is 0 Å². The first-order chi connectivity index (χ1) is 10.1. The Morgan fingerprint density at radius 1 is 0.636 bits per heavy atom. The minimum atomic E-state index is 0.261. The van der Waals surface area contributed by atoms with Crippen molar-refractivity contribution in [3.05, 3.63) is 47.6 Å². The van der Waals surface area contributed by atoms with Gasteiger partial charge >= 0.3 is 0 Å². The molecule has 4 unspecified atom stereocenters. The average Bonchev–Trinajstić information content (AvgIpc) is 2.70. The maximum Gasteiger partial charge on any atom is -0.00955 e. The van der Waals surface area contributed by atoms with Gasteiger partial charge in [0.2, 0.25) is 0 Å². The second kappa shape index (κ2) is 4.98. The van der Waals surface area contributed by atoms with E-state index in [1.807, 2.05) is 0 Å². The predicted molar refractivity (Wildman–Crippen MR) is 96.5 cm³/mol. The summed E-state index contributed by atoms with van der Waals surface area (Å²) >= 11 is 0. The third kappa shape index (κ3) is 2.55. The minimum absolute atomic E-state index is 0.261. The Bertz CT molecular complexity index is 516.